The van der Waals surface area contributed by atoms with Gasteiger partial charge in [-0.2, -0.15) is 14.6 Å². The highest BCUT2D eigenvalue weighted by atomic mass is 32.2. The molecule has 2 fully saturated rings. The topological polar surface area (TPSA) is 135 Å². The molecule has 2 aliphatic rings. The Labute approximate surface area is 253 Å². The summed E-state index contributed by atoms with van der Waals surface area (Å²) in [5.41, 5.74) is 8.65. The highest BCUT2D eigenvalue weighted by Crippen LogP contribution is 2.31. The van der Waals surface area contributed by atoms with Gasteiger partial charge in [-0.3, -0.25) is 14.0 Å². The van der Waals surface area contributed by atoms with E-state index in [1.807, 2.05) is 11.0 Å². The molecule has 15 heteroatoms. The lowest BCUT2D eigenvalue weighted by atomic mass is 10.2. The van der Waals surface area contributed by atoms with Crippen molar-refractivity contribution < 1.29 is 22.5 Å². The van der Waals surface area contributed by atoms with Gasteiger partial charge in [0.1, 0.15) is 34.6 Å². The molecule has 0 amide bonds. The Balaban J connectivity index is 1.05. The van der Waals surface area contributed by atoms with Gasteiger partial charge in [-0.25, -0.2) is 13.6 Å². The number of hydrogen-bond donors (Lipinski definition) is 1. The molecule has 44 heavy (non-hydrogen) atoms. The molecule has 0 unspecified atom stereocenters. The summed E-state index contributed by atoms with van der Waals surface area (Å²) in [5.74, 6) is 0.428. The van der Waals surface area contributed by atoms with Gasteiger partial charge in [-0.05, 0) is 18.2 Å². The van der Waals surface area contributed by atoms with Crippen molar-refractivity contribution in [3.8, 4) is 17.2 Å². The molecular weight excluding hydrogens is 594 g/mol. The van der Waals surface area contributed by atoms with Crippen LogP contribution >= 0.6 is 0 Å². The number of nitrogens with zero attached hydrogens (tertiary/aromatic N) is 7. The standard InChI is InChI=1S/C29H32F2N8O4S/c1-35-26-23-16-21(24-3-2-12-42-24)34-39(23)28(32)33-27(26)38(29(35)40)11-8-36-6-9-37(10-7-36)22-17-25(20(31)15-19(22)30)43-18-4-13-44(41)14-5-18/h2-3,12,15-18H,4-11,13-14H2,1H3,(H2,32,33). The van der Waals surface area contributed by atoms with Gasteiger partial charge in [0.25, 0.3) is 0 Å². The summed E-state index contributed by atoms with van der Waals surface area (Å²) in [4.78, 5) is 21.9. The lowest BCUT2D eigenvalue weighted by Gasteiger charge is -2.36. The summed E-state index contributed by atoms with van der Waals surface area (Å²) >= 11 is -0.855. The second-order valence-corrected chi connectivity index (χ2v) is 12.9. The minimum Gasteiger partial charge on any atom is -0.616 e. The van der Waals surface area contributed by atoms with Gasteiger partial charge >= 0.3 is 5.69 Å². The van der Waals surface area contributed by atoms with E-state index in [0.717, 1.165) is 6.07 Å². The zero-order valence-corrected chi connectivity index (χ0v) is 24.9. The SMILES string of the molecule is Cn1c(=O)n(CCN2CCN(c3cc(OC4CC[S+]([O-])CC4)c(F)cc3F)CC2)c2nc(N)n3nc(-c4ccco4)cc3c21. The Kier molecular flexibility index (Phi) is 7.46. The monoisotopic (exact) mass is 626 g/mol. The molecule has 232 valence electrons. The van der Waals surface area contributed by atoms with E-state index in [2.05, 4.69) is 15.0 Å². The van der Waals surface area contributed by atoms with Crippen molar-refractivity contribution in [2.45, 2.75) is 25.5 Å². The minimum absolute atomic E-state index is 0.0205. The van der Waals surface area contributed by atoms with Crippen LogP contribution in [0.4, 0.5) is 20.4 Å². The number of fused-ring (bicyclic) bond motifs is 3. The smallest absolute Gasteiger partial charge is 0.330 e. The number of nitrogen functional groups attached to an aromatic ring is 1. The first-order valence-electron chi connectivity index (χ1n) is 14.5. The maximum absolute atomic E-state index is 14.9. The zero-order chi connectivity index (χ0) is 30.5. The molecule has 7 rings (SSSR count). The first kappa shape index (κ1) is 28.7. The number of hydrogen-bond acceptors (Lipinski definition) is 9. The summed E-state index contributed by atoms with van der Waals surface area (Å²) in [5, 5.41) is 4.52. The van der Waals surface area contributed by atoms with E-state index >= 15 is 0 Å². The molecule has 4 aromatic heterocycles. The largest absolute Gasteiger partial charge is 0.616 e. The number of ether oxygens (including phenoxy) is 1. The fraction of sp³-hybridized carbons (Fsp3) is 0.414. The number of aryl methyl sites for hydroxylation is 1. The Bertz CT molecular complexity index is 1870. The highest BCUT2D eigenvalue weighted by molar-refractivity contribution is 7.91. The number of rotatable bonds is 7. The summed E-state index contributed by atoms with van der Waals surface area (Å²) in [7, 11) is 1.70. The Morgan fingerprint density at radius 3 is 2.61 bits per heavy atom. The average Bonchev–Trinajstić information content (AvgIpc) is 3.75. The van der Waals surface area contributed by atoms with Crippen LogP contribution in [0.25, 0.3) is 28.1 Å². The second-order valence-electron chi connectivity index (χ2n) is 11.2. The van der Waals surface area contributed by atoms with E-state index in [0.29, 0.717) is 97.4 Å². The number of piperazine rings is 1. The van der Waals surface area contributed by atoms with Crippen LogP contribution in [0.3, 0.4) is 0 Å². The van der Waals surface area contributed by atoms with E-state index in [1.165, 1.54) is 10.6 Å². The predicted octanol–water partition coefficient (Wildman–Crippen LogP) is 2.62. The van der Waals surface area contributed by atoms with Crippen molar-refractivity contribution in [2.24, 2.45) is 7.05 Å². The van der Waals surface area contributed by atoms with Gasteiger partial charge in [-0.1, -0.05) is 11.2 Å². The number of imidazole rings is 1. The Morgan fingerprint density at radius 1 is 1.11 bits per heavy atom. The van der Waals surface area contributed by atoms with E-state index < -0.39 is 22.8 Å². The highest BCUT2D eigenvalue weighted by Gasteiger charge is 2.27. The Hall–Kier alpha value is -4.08. The number of anilines is 2. The average molecular weight is 627 g/mol. The van der Waals surface area contributed by atoms with E-state index in [1.54, 1.807) is 34.6 Å². The van der Waals surface area contributed by atoms with Crippen molar-refractivity contribution in [1.29, 1.82) is 0 Å². The molecule has 0 aliphatic carbocycles. The van der Waals surface area contributed by atoms with Crippen molar-refractivity contribution in [3.05, 3.63) is 58.7 Å². The van der Waals surface area contributed by atoms with Crippen molar-refractivity contribution in [2.75, 3.05) is 54.9 Å². The van der Waals surface area contributed by atoms with E-state index in [-0.39, 0.29) is 23.5 Å². The number of nitrogens with two attached hydrogens (primary N) is 1. The minimum atomic E-state index is -0.855. The molecule has 0 radical (unpaired) electrons. The van der Waals surface area contributed by atoms with Gasteiger partial charge in [0.05, 0.1) is 17.5 Å². The van der Waals surface area contributed by atoms with E-state index in [9.17, 15) is 18.1 Å². The summed E-state index contributed by atoms with van der Waals surface area (Å²) in [6.07, 6.45) is 2.49. The lowest BCUT2D eigenvalue weighted by molar-refractivity contribution is 0.181. The lowest BCUT2D eigenvalue weighted by Crippen LogP contribution is -2.47. The van der Waals surface area contributed by atoms with Crippen LogP contribution in [-0.2, 0) is 24.8 Å². The third-order valence-electron chi connectivity index (χ3n) is 8.47. The van der Waals surface area contributed by atoms with Gasteiger partial charge in [0, 0.05) is 71.3 Å². The molecule has 2 saturated heterocycles. The molecular formula is C29H32F2N8O4S. The molecule has 12 nitrogen and oxygen atoms in total. The maximum atomic E-state index is 14.9. The maximum Gasteiger partial charge on any atom is 0.330 e. The molecule has 0 saturated carbocycles. The third-order valence-corrected chi connectivity index (χ3v) is 9.85. The van der Waals surface area contributed by atoms with Crippen molar-refractivity contribution >= 4 is 39.5 Å². The first-order valence-corrected chi connectivity index (χ1v) is 16.0. The van der Waals surface area contributed by atoms with Crippen LogP contribution in [0, 0.1) is 11.6 Å². The summed E-state index contributed by atoms with van der Waals surface area (Å²) in [6.45, 7) is 3.23. The molecule has 5 aromatic rings. The van der Waals surface area contributed by atoms with Crippen LogP contribution in [0.15, 0.2) is 45.8 Å². The molecule has 2 N–H and O–H groups in total. The van der Waals surface area contributed by atoms with Crippen LogP contribution < -0.4 is 21.1 Å². The predicted molar refractivity (Wildman–Crippen MR) is 162 cm³/mol. The van der Waals surface area contributed by atoms with Crippen LogP contribution in [0.5, 0.6) is 5.75 Å². The summed E-state index contributed by atoms with van der Waals surface area (Å²) < 4.78 is 57.1. The third kappa shape index (κ3) is 5.18. The van der Waals surface area contributed by atoms with Gasteiger partial charge in [-0.15, -0.1) is 0 Å². The van der Waals surface area contributed by atoms with Gasteiger partial charge < -0.3 is 24.3 Å². The fourth-order valence-electron chi connectivity index (χ4n) is 6.05. The molecule has 2 aliphatic heterocycles. The quantitative estimate of drug-likeness (QED) is 0.271. The van der Waals surface area contributed by atoms with Gasteiger partial charge in [0.15, 0.2) is 23.0 Å². The van der Waals surface area contributed by atoms with Crippen LogP contribution in [-0.4, -0.2) is 83.5 Å². The van der Waals surface area contributed by atoms with Crippen molar-refractivity contribution in [1.82, 2.24) is 28.6 Å². The number of benzene rings is 1. The molecule has 0 spiro atoms. The van der Waals surface area contributed by atoms with Crippen LogP contribution in [0.1, 0.15) is 12.8 Å². The number of aromatic nitrogens is 5. The number of halogens is 2. The molecule has 0 bridgehead atoms. The molecule has 1 aromatic carbocycles. The van der Waals surface area contributed by atoms with Crippen LogP contribution in [0.2, 0.25) is 0 Å². The molecule has 6 heterocycles. The van der Waals surface area contributed by atoms with E-state index in [4.69, 9.17) is 14.9 Å². The Morgan fingerprint density at radius 2 is 1.89 bits per heavy atom. The van der Waals surface area contributed by atoms with Gasteiger partial charge in [0.2, 0.25) is 5.95 Å². The first-order chi connectivity index (χ1) is 21.3. The fourth-order valence-corrected chi connectivity index (χ4v) is 7.30. The zero-order valence-electron chi connectivity index (χ0n) is 24.1. The second kappa shape index (κ2) is 11.4. The van der Waals surface area contributed by atoms with Crippen molar-refractivity contribution in [3.63, 3.8) is 0 Å². The normalized spacial score (nSPS) is 19.8. The summed E-state index contributed by atoms with van der Waals surface area (Å²) in [6, 6.07) is 7.70. The number of furan rings is 1. The molecule has 0 atom stereocenters.